The molecular weight excluding hydrogens is 797 g/mol. The first-order valence-corrected chi connectivity index (χ1v) is 21.9. The maximum atomic E-state index is 11.5. The molecule has 62 heavy (non-hydrogen) atoms. The van der Waals surface area contributed by atoms with Gasteiger partial charge in [0.15, 0.2) is 0 Å². The van der Waals surface area contributed by atoms with Gasteiger partial charge >= 0.3 is 0 Å². The molecule has 0 aliphatic rings. The maximum absolute atomic E-state index is 11.5. The van der Waals surface area contributed by atoms with Crippen molar-refractivity contribution in [3.63, 3.8) is 0 Å². The summed E-state index contributed by atoms with van der Waals surface area (Å²) < 4.78 is 9.51. The third kappa shape index (κ3) is 4.65. The Labute approximate surface area is 361 Å². The molecule has 0 saturated heterocycles. The van der Waals surface area contributed by atoms with Gasteiger partial charge in [0, 0.05) is 88.4 Å². The molecule has 0 fully saturated rings. The normalized spacial score (nSPS) is 11.8. The summed E-state index contributed by atoms with van der Waals surface area (Å²) in [6.45, 7) is 9.00. The molecule has 13 aromatic rings. The number of para-hydroxylation sites is 2. The van der Waals surface area contributed by atoms with Gasteiger partial charge in [-0.1, -0.05) is 97.1 Å². The van der Waals surface area contributed by atoms with Crippen molar-refractivity contribution in [3.8, 4) is 39.7 Å². The van der Waals surface area contributed by atoms with Crippen LogP contribution in [0.3, 0.4) is 0 Å². The fourth-order valence-corrected chi connectivity index (χ4v) is 12.4. The Bertz CT molecular complexity index is 3850. The highest BCUT2D eigenvalue weighted by atomic mass is 32.1. The number of nitrogens with zero attached hydrogens (tertiary/aromatic N) is 6. The molecule has 0 spiro atoms. The van der Waals surface area contributed by atoms with Crippen LogP contribution in [-0.4, -0.2) is 19.1 Å². The summed E-state index contributed by atoms with van der Waals surface area (Å²) in [5.41, 5.74) is 9.23. The molecule has 13 rings (SSSR count). The zero-order chi connectivity index (χ0) is 41.1. The fourth-order valence-electron chi connectivity index (χ4n) is 9.88. The first-order chi connectivity index (χ1) is 30.7. The molecule has 0 unspecified atom stereocenters. The largest absolute Gasteiger partial charge is 0.306 e. The van der Waals surface area contributed by atoms with E-state index in [2.05, 4.69) is 151 Å². The van der Waals surface area contributed by atoms with Crippen LogP contribution in [0.5, 0.6) is 0 Å². The first kappa shape index (κ1) is 34.7. The molecule has 0 radical (unpaired) electrons. The predicted molar refractivity (Wildman–Crippen MR) is 258 cm³/mol. The molecule has 0 N–H and O–H groups in total. The third-order valence-corrected chi connectivity index (χ3v) is 14.8. The number of nitriles is 1. The number of hydrogen-bond acceptors (Lipinski definition) is 5. The zero-order valence-electron chi connectivity index (χ0n) is 32.7. The van der Waals surface area contributed by atoms with Gasteiger partial charge in [-0.25, -0.2) is 4.85 Å². The van der Waals surface area contributed by atoms with Crippen LogP contribution in [0.25, 0.3) is 122 Å². The second-order valence-electron chi connectivity index (χ2n) is 15.4. The Morgan fingerprint density at radius 3 is 1.37 bits per heavy atom. The standard InChI is InChI=1S/C54H28N6S2/c1-56-48-41(30-55)46(31-22-26-57-27-23-31)51(59-42-14-6-2-10-33(42)37-18-20-39-35-12-4-8-16-44(35)61-53(39)49(37)59)52(47(48)32-24-28-58-29-25-32)60-43-15-7-3-11-34(43)38-19-21-40-36-13-5-9-17-45(36)62-54(40)50(38)60/h2-29H. The summed E-state index contributed by atoms with van der Waals surface area (Å²) >= 11 is 3.58. The monoisotopic (exact) mass is 824 g/mol. The number of thiophene rings is 2. The van der Waals surface area contributed by atoms with Crippen molar-refractivity contribution in [2.24, 2.45) is 0 Å². The van der Waals surface area contributed by atoms with E-state index in [9.17, 15) is 5.26 Å². The molecule has 0 amide bonds. The van der Waals surface area contributed by atoms with Crippen molar-refractivity contribution < 1.29 is 0 Å². The summed E-state index contributed by atoms with van der Waals surface area (Å²) in [5.74, 6) is 0. The number of aromatic nitrogens is 4. The summed E-state index contributed by atoms with van der Waals surface area (Å²) in [5, 5.41) is 20.7. The van der Waals surface area contributed by atoms with Crippen LogP contribution in [0.1, 0.15) is 5.56 Å². The van der Waals surface area contributed by atoms with Crippen LogP contribution >= 0.6 is 22.7 Å². The van der Waals surface area contributed by atoms with Crippen LogP contribution in [0.4, 0.5) is 5.69 Å². The van der Waals surface area contributed by atoms with Gasteiger partial charge in [-0.05, 0) is 59.7 Å². The van der Waals surface area contributed by atoms with E-state index in [1.54, 1.807) is 47.5 Å². The van der Waals surface area contributed by atoms with Crippen LogP contribution in [0.2, 0.25) is 0 Å². The Morgan fingerprint density at radius 1 is 0.468 bits per heavy atom. The second kappa shape index (κ2) is 13.2. The number of fused-ring (bicyclic) bond motifs is 14. The predicted octanol–water partition coefficient (Wildman–Crippen LogP) is 15.2. The van der Waals surface area contributed by atoms with Gasteiger partial charge in [0.25, 0.3) is 0 Å². The lowest BCUT2D eigenvalue weighted by Crippen LogP contribution is -2.10. The highest BCUT2D eigenvalue weighted by molar-refractivity contribution is 7.27. The van der Waals surface area contributed by atoms with Gasteiger partial charge in [0.05, 0.1) is 61.0 Å². The van der Waals surface area contributed by atoms with Crippen molar-refractivity contribution in [3.05, 3.63) is 187 Å². The minimum absolute atomic E-state index is 0.284. The average Bonchev–Trinajstić information content (AvgIpc) is 4.09. The van der Waals surface area contributed by atoms with E-state index >= 15 is 0 Å². The molecule has 8 heteroatoms. The summed E-state index contributed by atoms with van der Waals surface area (Å²) in [7, 11) is 0. The van der Waals surface area contributed by atoms with E-state index in [1.807, 2.05) is 24.3 Å². The lowest BCUT2D eigenvalue weighted by Gasteiger charge is -2.26. The van der Waals surface area contributed by atoms with Gasteiger partial charge in [0.1, 0.15) is 0 Å². The van der Waals surface area contributed by atoms with E-state index in [0.29, 0.717) is 16.7 Å². The zero-order valence-corrected chi connectivity index (χ0v) is 34.3. The number of pyridine rings is 2. The Balaban J connectivity index is 1.38. The Kier molecular flexibility index (Phi) is 7.38. The summed E-state index contributed by atoms with van der Waals surface area (Å²) in [6.07, 6.45) is 7.08. The number of hydrogen-bond donors (Lipinski definition) is 0. The number of benzene rings is 7. The molecular formula is C54H28N6S2. The highest BCUT2D eigenvalue weighted by Gasteiger charge is 2.33. The summed E-state index contributed by atoms with van der Waals surface area (Å²) in [4.78, 5) is 13.2. The van der Waals surface area contributed by atoms with Gasteiger partial charge in [-0.15, -0.1) is 22.7 Å². The van der Waals surface area contributed by atoms with Crippen LogP contribution in [-0.2, 0) is 0 Å². The van der Waals surface area contributed by atoms with Crippen LogP contribution < -0.4 is 0 Å². The second-order valence-corrected chi connectivity index (χ2v) is 17.5. The smallest absolute Gasteiger partial charge is 0.215 e. The van der Waals surface area contributed by atoms with Crippen LogP contribution in [0.15, 0.2) is 170 Å². The highest BCUT2D eigenvalue weighted by Crippen LogP contribution is 2.54. The minimum Gasteiger partial charge on any atom is -0.306 e. The molecule has 6 heterocycles. The van der Waals surface area contributed by atoms with E-state index in [0.717, 1.165) is 75.5 Å². The van der Waals surface area contributed by atoms with Crippen LogP contribution in [0, 0.1) is 17.9 Å². The lowest BCUT2D eigenvalue weighted by molar-refractivity contribution is 1.10. The van der Waals surface area contributed by atoms with Crippen molar-refractivity contribution in [2.45, 2.75) is 0 Å². The van der Waals surface area contributed by atoms with Gasteiger partial charge in [0.2, 0.25) is 5.69 Å². The first-order valence-electron chi connectivity index (χ1n) is 20.2. The van der Waals surface area contributed by atoms with Gasteiger partial charge in [-0.2, -0.15) is 5.26 Å². The fraction of sp³-hybridized carbons (Fsp3) is 0. The van der Waals surface area contributed by atoms with Crippen molar-refractivity contribution in [2.75, 3.05) is 0 Å². The molecule has 6 nitrogen and oxygen atoms in total. The molecule has 0 atom stereocenters. The molecule has 0 bridgehead atoms. The average molecular weight is 825 g/mol. The molecule has 0 saturated carbocycles. The Morgan fingerprint density at radius 2 is 0.887 bits per heavy atom. The van der Waals surface area contributed by atoms with Crippen molar-refractivity contribution >= 4 is 112 Å². The molecule has 286 valence electrons. The van der Waals surface area contributed by atoms with Crippen molar-refractivity contribution in [1.29, 1.82) is 5.26 Å². The van der Waals surface area contributed by atoms with E-state index in [4.69, 9.17) is 6.57 Å². The molecule has 0 aliphatic heterocycles. The van der Waals surface area contributed by atoms with Gasteiger partial charge in [-0.3, -0.25) is 9.97 Å². The van der Waals surface area contributed by atoms with Crippen molar-refractivity contribution in [1.82, 2.24) is 19.1 Å². The quantitative estimate of drug-likeness (QED) is 0.166. The molecule has 0 aliphatic carbocycles. The van der Waals surface area contributed by atoms with E-state index < -0.39 is 0 Å². The minimum atomic E-state index is 0.284. The third-order valence-electron chi connectivity index (χ3n) is 12.4. The van der Waals surface area contributed by atoms with E-state index in [-0.39, 0.29) is 5.69 Å². The number of rotatable bonds is 4. The topological polar surface area (TPSA) is 63.8 Å². The SMILES string of the molecule is [C-]#[N+]c1c(C#N)c(-c2ccncc2)c(-n2c3ccccc3c3ccc4c5ccccc5sc4c32)c(-n2c3ccccc3c3ccc4c5ccccc5sc4c32)c1-c1ccncc1. The maximum Gasteiger partial charge on any atom is 0.215 e. The lowest BCUT2D eigenvalue weighted by atomic mass is 9.89. The molecule has 6 aromatic heterocycles. The Hall–Kier alpha value is -8.14. The van der Waals surface area contributed by atoms with Gasteiger partial charge < -0.3 is 9.13 Å². The summed E-state index contributed by atoms with van der Waals surface area (Å²) in [6, 6.07) is 53.8. The molecule has 7 aromatic carbocycles. The van der Waals surface area contributed by atoms with E-state index in [1.165, 1.54) is 30.9 Å².